The number of carbonyl (C=O) groups excluding carboxylic acids is 3. The summed E-state index contributed by atoms with van der Waals surface area (Å²) in [5, 5.41) is 6.06. The molecule has 8 nitrogen and oxygen atoms in total. The number of fused-ring (bicyclic) bond motifs is 1. The third kappa shape index (κ3) is 5.39. The summed E-state index contributed by atoms with van der Waals surface area (Å²) in [6.07, 6.45) is 0. The predicted octanol–water partition coefficient (Wildman–Crippen LogP) is 5.44. The molecule has 3 amide bonds. The average molecular weight is 600 g/mol. The maximum absolute atomic E-state index is 13.2. The van der Waals surface area contributed by atoms with Crippen molar-refractivity contribution in [3.63, 3.8) is 0 Å². The van der Waals surface area contributed by atoms with E-state index in [1.165, 1.54) is 11.8 Å². The number of anilines is 2. The number of nitrogens with zero attached hydrogens (tertiary/aromatic N) is 1. The Labute approximate surface area is 217 Å². The van der Waals surface area contributed by atoms with Gasteiger partial charge in [-0.25, -0.2) is 4.68 Å². The minimum Gasteiger partial charge on any atom is -0.495 e. The largest absolute Gasteiger partial charge is 0.495 e. The summed E-state index contributed by atoms with van der Waals surface area (Å²) in [5.41, 5.74) is 5.17. The normalized spacial score (nSPS) is 10.6. The van der Waals surface area contributed by atoms with Gasteiger partial charge < -0.3 is 15.4 Å². The number of para-hydroxylation sites is 2. The van der Waals surface area contributed by atoms with Crippen LogP contribution in [0, 0.1) is 6.92 Å². The maximum atomic E-state index is 13.2. The molecule has 4 aromatic rings. The number of amides is 3. The molecule has 0 saturated carbocycles. The first kappa shape index (κ1) is 24.5. The highest BCUT2D eigenvalue weighted by Gasteiger charge is 2.22. The van der Waals surface area contributed by atoms with Crippen LogP contribution < -0.4 is 20.8 Å². The summed E-state index contributed by atoms with van der Waals surface area (Å²) in [6, 6.07) is 19.2. The molecule has 178 valence electrons. The molecule has 1 heterocycles. The third-order valence-electron chi connectivity index (χ3n) is 5.14. The van der Waals surface area contributed by atoms with Crippen molar-refractivity contribution in [2.24, 2.45) is 0 Å². The highest BCUT2D eigenvalue weighted by Crippen LogP contribution is 2.27. The van der Waals surface area contributed by atoms with Crippen LogP contribution in [-0.2, 0) is 9.59 Å². The molecular weight excluding hydrogens is 580 g/mol. The number of nitrogens with one attached hydrogen (secondary N) is 3. The number of rotatable bonds is 5. The van der Waals surface area contributed by atoms with E-state index in [0.717, 1.165) is 14.5 Å². The second-order valence-electron chi connectivity index (χ2n) is 7.60. The standard InChI is InChI=1S/C25H20Br2N4O4/c1-14-7-9-18(17(27)11-14)28-23(32)21-13-15-12-16(26)8-10-20(15)31(21)30-25(34)24(33)29-19-5-3-4-6-22(19)35-2/h3-13H,1-2H3,(H,28,32)(H,29,33)(H,30,34). The number of carbonyl (C=O) groups is 3. The fraction of sp³-hybridized carbons (Fsp3) is 0.0800. The van der Waals surface area contributed by atoms with Crippen LogP contribution in [0.25, 0.3) is 10.9 Å². The van der Waals surface area contributed by atoms with Crippen molar-refractivity contribution >= 4 is 71.9 Å². The summed E-state index contributed by atoms with van der Waals surface area (Å²) in [6.45, 7) is 1.94. The number of aromatic nitrogens is 1. The Bertz CT molecular complexity index is 1470. The molecule has 1 aromatic heterocycles. The lowest BCUT2D eigenvalue weighted by Crippen LogP contribution is -2.36. The maximum Gasteiger partial charge on any atom is 0.328 e. The zero-order valence-corrected chi connectivity index (χ0v) is 21.9. The summed E-state index contributed by atoms with van der Waals surface area (Å²) in [7, 11) is 1.46. The average Bonchev–Trinajstić information content (AvgIpc) is 3.18. The van der Waals surface area contributed by atoms with Gasteiger partial charge in [-0.1, -0.05) is 34.1 Å². The van der Waals surface area contributed by atoms with Crippen molar-refractivity contribution in [1.82, 2.24) is 4.68 Å². The van der Waals surface area contributed by atoms with E-state index in [4.69, 9.17) is 4.74 Å². The second-order valence-corrected chi connectivity index (χ2v) is 9.37. The smallest absolute Gasteiger partial charge is 0.328 e. The van der Waals surface area contributed by atoms with Gasteiger partial charge in [0.25, 0.3) is 5.91 Å². The first-order valence-electron chi connectivity index (χ1n) is 10.4. The molecule has 0 aliphatic heterocycles. The molecule has 0 bridgehead atoms. The van der Waals surface area contributed by atoms with Crippen LogP contribution in [-0.4, -0.2) is 29.5 Å². The first-order valence-corrected chi connectivity index (χ1v) is 12.0. The Balaban J connectivity index is 1.64. The van der Waals surface area contributed by atoms with E-state index in [1.807, 2.05) is 25.1 Å². The number of benzene rings is 3. The lowest BCUT2D eigenvalue weighted by Gasteiger charge is -2.14. The number of methoxy groups -OCH3 is 1. The molecule has 0 spiro atoms. The van der Waals surface area contributed by atoms with Gasteiger partial charge in [0.2, 0.25) is 0 Å². The van der Waals surface area contributed by atoms with Crippen LogP contribution in [0.3, 0.4) is 0 Å². The molecule has 0 saturated heterocycles. The minimum absolute atomic E-state index is 0.143. The van der Waals surface area contributed by atoms with Gasteiger partial charge in [-0.05, 0) is 76.9 Å². The topological polar surface area (TPSA) is 101 Å². The zero-order chi connectivity index (χ0) is 25.1. The van der Waals surface area contributed by atoms with Crippen molar-refractivity contribution < 1.29 is 19.1 Å². The van der Waals surface area contributed by atoms with Gasteiger partial charge in [0, 0.05) is 14.3 Å². The van der Waals surface area contributed by atoms with Crippen molar-refractivity contribution in [2.75, 3.05) is 23.2 Å². The van der Waals surface area contributed by atoms with Gasteiger partial charge in [0.15, 0.2) is 0 Å². The van der Waals surface area contributed by atoms with E-state index in [2.05, 4.69) is 47.9 Å². The molecule has 3 aromatic carbocycles. The Morgan fingerprint density at radius 2 is 1.63 bits per heavy atom. The Morgan fingerprint density at radius 1 is 0.857 bits per heavy atom. The van der Waals surface area contributed by atoms with Gasteiger partial charge >= 0.3 is 11.8 Å². The van der Waals surface area contributed by atoms with E-state index in [1.54, 1.807) is 48.5 Å². The third-order valence-corrected chi connectivity index (χ3v) is 6.29. The van der Waals surface area contributed by atoms with Crippen LogP contribution in [0.2, 0.25) is 0 Å². The zero-order valence-electron chi connectivity index (χ0n) is 18.7. The van der Waals surface area contributed by atoms with Crippen LogP contribution in [0.5, 0.6) is 5.75 Å². The fourth-order valence-electron chi connectivity index (χ4n) is 3.46. The first-order chi connectivity index (χ1) is 16.8. The summed E-state index contributed by atoms with van der Waals surface area (Å²) >= 11 is 6.87. The molecule has 0 fully saturated rings. The van der Waals surface area contributed by atoms with Crippen molar-refractivity contribution in [2.45, 2.75) is 6.92 Å². The lowest BCUT2D eigenvalue weighted by atomic mass is 10.2. The molecule has 3 N–H and O–H groups in total. The highest BCUT2D eigenvalue weighted by atomic mass is 79.9. The molecule has 0 aliphatic carbocycles. The Kier molecular flexibility index (Phi) is 7.23. The molecular formula is C25H20Br2N4O4. The van der Waals surface area contributed by atoms with E-state index in [-0.39, 0.29) is 5.69 Å². The molecule has 0 unspecified atom stereocenters. The molecule has 0 aliphatic rings. The second kappa shape index (κ2) is 10.3. The Hall–Kier alpha value is -3.63. The number of aryl methyl sites for hydroxylation is 1. The van der Waals surface area contributed by atoms with Gasteiger partial charge in [-0.3, -0.25) is 19.8 Å². The van der Waals surface area contributed by atoms with Gasteiger partial charge in [-0.2, -0.15) is 0 Å². The molecule has 0 radical (unpaired) electrons. The van der Waals surface area contributed by atoms with E-state index < -0.39 is 17.7 Å². The lowest BCUT2D eigenvalue weighted by molar-refractivity contribution is -0.133. The van der Waals surface area contributed by atoms with Gasteiger partial charge in [-0.15, -0.1) is 0 Å². The summed E-state index contributed by atoms with van der Waals surface area (Å²) in [4.78, 5) is 38.7. The van der Waals surface area contributed by atoms with Crippen molar-refractivity contribution in [1.29, 1.82) is 0 Å². The minimum atomic E-state index is -0.957. The number of hydrogen-bond donors (Lipinski definition) is 3. The quantitative estimate of drug-likeness (QED) is 0.266. The number of halogens is 2. The highest BCUT2D eigenvalue weighted by molar-refractivity contribution is 9.10. The van der Waals surface area contributed by atoms with Gasteiger partial charge in [0.1, 0.15) is 11.4 Å². The van der Waals surface area contributed by atoms with E-state index in [0.29, 0.717) is 28.0 Å². The van der Waals surface area contributed by atoms with Crippen molar-refractivity contribution in [3.8, 4) is 5.75 Å². The monoisotopic (exact) mass is 598 g/mol. The molecule has 10 heteroatoms. The molecule has 4 rings (SSSR count). The molecule has 0 atom stereocenters. The van der Waals surface area contributed by atoms with Gasteiger partial charge in [0.05, 0.1) is 24.0 Å². The van der Waals surface area contributed by atoms with Crippen LogP contribution in [0.4, 0.5) is 11.4 Å². The fourth-order valence-corrected chi connectivity index (χ4v) is 4.43. The van der Waals surface area contributed by atoms with E-state index in [9.17, 15) is 14.4 Å². The van der Waals surface area contributed by atoms with Crippen LogP contribution in [0.15, 0.2) is 75.7 Å². The SMILES string of the molecule is COc1ccccc1NC(=O)C(=O)Nn1c(C(=O)Nc2ccc(C)cc2Br)cc2cc(Br)ccc21. The van der Waals surface area contributed by atoms with Crippen molar-refractivity contribution in [3.05, 3.63) is 86.9 Å². The number of ether oxygens (including phenoxy) is 1. The van der Waals surface area contributed by atoms with E-state index >= 15 is 0 Å². The summed E-state index contributed by atoms with van der Waals surface area (Å²) in [5.74, 6) is -1.93. The Morgan fingerprint density at radius 3 is 2.37 bits per heavy atom. The van der Waals surface area contributed by atoms with Crippen LogP contribution >= 0.6 is 31.9 Å². The number of hydrogen-bond acceptors (Lipinski definition) is 4. The molecule has 35 heavy (non-hydrogen) atoms. The van der Waals surface area contributed by atoms with Crippen LogP contribution in [0.1, 0.15) is 16.1 Å². The summed E-state index contributed by atoms with van der Waals surface area (Å²) < 4.78 is 8.03. The predicted molar refractivity (Wildman–Crippen MR) is 142 cm³/mol.